The van der Waals surface area contributed by atoms with Gasteiger partial charge in [-0.25, -0.2) is 9.78 Å². The van der Waals surface area contributed by atoms with Crippen LogP contribution in [0.5, 0.6) is 5.75 Å². The number of aromatic nitrogens is 1. The summed E-state index contributed by atoms with van der Waals surface area (Å²) in [7, 11) is 0. The third-order valence-corrected chi connectivity index (χ3v) is 7.45. The fourth-order valence-electron chi connectivity index (χ4n) is 5.12. The number of phenolic OH excluding ortho intramolecular Hbond substituents is 1. The highest BCUT2D eigenvalue weighted by atomic mass is 16.5. The van der Waals surface area contributed by atoms with Crippen molar-refractivity contribution in [2.75, 3.05) is 6.61 Å². The number of esters is 1. The Morgan fingerprint density at radius 2 is 1.41 bits per heavy atom. The zero-order valence-corrected chi connectivity index (χ0v) is 23.4. The molecule has 0 amide bonds. The van der Waals surface area contributed by atoms with Crippen LogP contribution in [0.2, 0.25) is 0 Å². The molecule has 0 aliphatic rings. The maximum absolute atomic E-state index is 12.7. The summed E-state index contributed by atoms with van der Waals surface area (Å²) >= 11 is 0. The molecule has 208 valence electrons. The lowest BCUT2D eigenvalue weighted by Crippen LogP contribution is -2.06. The Kier molecular flexibility index (Phi) is 11.2. The van der Waals surface area contributed by atoms with E-state index in [1.54, 1.807) is 24.3 Å². The van der Waals surface area contributed by atoms with Crippen LogP contribution in [-0.4, -0.2) is 22.7 Å². The second-order valence-electron chi connectivity index (χ2n) is 10.7. The minimum atomic E-state index is -0.317. The van der Waals surface area contributed by atoms with Gasteiger partial charge in [0.15, 0.2) is 5.58 Å². The summed E-state index contributed by atoms with van der Waals surface area (Å²) in [4.78, 5) is 17.2. The summed E-state index contributed by atoms with van der Waals surface area (Å²) in [5.41, 5.74) is 2.38. The summed E-state index contributed by atoms with van der Waals surface area (Å²) < 4.78 is 11.4. The van der Waals surface area contributed by atoms with Crippen LogP contribution in [0, 0.1) is 0 Å². The molecule has 4 aromatic rings. The molecule has 3 aromatic carbocycles. The third kappa shape index (κ3) is 8.58. The number of benzene rings is 3. The number of para-hydroxylation sites is 2. The maximum Gasteiger partial charge on any atom is 0.338 e. The number of hydrogen-bond donors (Lipinski definition) is 1. The van der Waals surface area contributed by atoms with Crippen LogP contribution < -0.4 is 0 Å². The number of phenols is 1. The number of aromatic hydroxyl groups is 1. The number of nitrogens with zero attached hydrogens (tertiary/aromatic N) is 1. The summed E-state index contributed by atoms with van der Waals surface area (Å²) in [6.45, 7) is 2.71. The van der Waals surface area contributed by atoms with Crippen molar-refractivity contribution in [2.24, 2.45) is 0 Å². The lowest BCUT2D eigenvalue weighted by atomic mass is 10.0. The highest BCUT2D eigenvalue weighted by Crippen LogP contribution is 2.35. The van der Waals surface area contributed by atoms with E-state index in [2.05, 4.69) is 11.9 Å². The van der Waals surface area contributed by atoms with E-state index in [4.69, 9.17) is 9.15 Å². The Morgan fingerprint density at radius 3 is 2.08 bits per heavy atom. The monoisotopic (exact) mass is 529 g/mol. The summed E-state index contributed by atoms with van der Waals surface area (Å²) in [5, 5.41) is 12.2. The molecule has 4 rings (SSSR count). The predicted octanol–water partition coefficient (Wildman–Crippen LogP) is 9.99. The van der Waals surface area contributed by atoms with E-state index in [0.717, 1.165) is 29.1 Å². The zero-order chi connectivity index (χ0) is 27.3. The molecule has 0 unspecified atom stereocenters. The van der Waals surface area contributed by atoms with Gasteiger partial charge in [-0.3, -0.25) is 0 Å². The van der Waals surface area contributed by atoms with Gasteiger partial charge >= 0.3 is 5.97 Å². The van der Waals surface area contributed by atoms with Gasteiger partial charge in [0, 0.05) is 0 Å². The summed E-state index contributed by atoms with van der Waals surface area (Å²) in [6.07, 6.45) is 18.2. The lowest BCUT2D eigenvalue weighted by Gasteiger charge is -2.08. The number of rotatable bonds is 17. The first-order valence-corrected chi connectivity index (χ1v) is 15.0. The minimum absolute atomic E-state index is 0.0854. The fourth-order valence-corrected chi connectivity index (χ4v) is 5.12. The molecule has 39 heavy (non-hydrogen) atoms. The average Bonchev–Trinajstić information content (AvgIpc) is 3.38. The molecule has 0 spiro atoms. The molecule has 0 radical (unpaired) electrons. The molecule has 0 atom stereocenters. The molecule has 1 N–H and O–H groups in total. The average molecular weight is 530 g/mol. The topological polar surface area (TPSA) is 72.6 Å². The van der Waals surface area contributed by atoms with Gasteiger partial charge in [-0.15, -0.1) is 0 Å². The summed E-state index contributed by atoms with van der Waals surface area (Å²) in [5.74, 6) is 0.117. The van der Waals surface area contributed by atoms with E-state index in [1.165, 1.54) is 77.0 Å². The van der Waals surface area contributed by atoms with Crippen molar-refractivity contribution in [2.45, 2.75) is 96.8 Å². The lowest BCUT2D eigenvalue weighted by molar-refractivity contribution is 0.0498. The predicted molar refractivity (Wildman–Crippen MR) is 159 cm³/mol. The molecule has 0 aliphatic heterocycles. The fraction of sp³-hybridized carbons (Fsp3) is 0.471. The zero-order valence-electron chi connectivity index (χ0n) is 23.4. The van der Waals surface area contributed by atoms with Crippen molar-refractivity contribution in [3.63, 3.8) is 0 Å². The number of carbonyl (C=O) groups excluding carboxylic acids is 1. The van der Waals surface area contributed by atoms with Gasteiger partial charge in [-0.1, -0.05) is 109 Å². The number of carbonyl (C=O) groups is 1. The van der Waals surface area contributed by atoms with Crippen LogP contribution in [0.4, 0.5) is 0 Å². The van der Waals surface area contributed by atoms with Gasteiger partial charge in [0.25, 0.3) is 0 Å². The van der Waals surface area contributed by atoms with Crippen molar-refractivity contribution in [3.8, 4) is 17.2 Å². The normalized spacial score (nSPS) is 11.4. The van der Waals surface area contributed by atoms with Crippen molar-refractivity contribution in [1.29, 1.82) is 0 Å². The second kappa shape index (κ2) is 15.3. The minimum Gasteiger partial charge on any atom is -0.507 e. The Bertz CT molecular complexity index is 1290. The Balaban J connectivity index is 1.16. The standard InChI is InChI=1S/C34H43NO4/c1-2-3-4-5-6-7-8-9-10-11-12-13-14-17-22-38-34(37)27-21-20-26-25-31(36)29(24-28(26)23-27)33-35-30-18-15-16-19-32(30)39-33/h15-16,18-21,23-25,36H,2-14,17,22H2,1H3. The van der Waals surface area contributed by atoms with Gasteiger partial charge in [0.2, 0.25) is 5.89 Å². The molecule has 1 heterocycles. The van der Waals surface area contributed by atoms with E-state index >= 15 is 0 Å². The van der Waals surface area contributed by atoms with E-state index in [0.29, 0.717) is 29.2 Å². The molecule has 0 fully saturated rings. The molecule has 0 saturated carbocycles. The first-order chi connectivity index (χ1) is 19.2. The van der Waals surface area contributed by atoms with Crippen LogP contribution in [0.1, 0.15) is 107 Å². The molecular weight excluding hydrogens is 486 g/mol. The van der Waals surface area contributed by atoms with Gasteiger partial charge in [0.1, 0.15) is 11.3 Å². The van der Waals surface area contributed by atoms with E-state index in [9.17, 15) is 9.90 Å². The second-order valence-corrected chi connectivity index (χ2v) is 10.7. The van der Waals surface area contributed by atoms with Crippen LogP contribution in [-0.2, 0) is 4.74 Å². The van der Waals surface area contributed by atoms with Crippen LogP contribution in [0.3, 0.4) is 0 Å². The Morgan fingerprint density at radius 1 is 0.769 bits per heavy atom. The van der Waals surface area contributed by atoms with Gasteiger partial charge in [-0.2, -0.15) is 0 Å². The number of fused-ring (bicyclic) bond motifs is 2. The molecule has 5 nitrogen and oxygen atoms in total. The van der Waals surface area contributed by atoms with Crippen LogP contribution in [0.15, 0.2) is 59.0 Å². The van der Waals surface area contributed by atoms with E-state index in [1.807, 2.05) is 30.3 Å². The number of unbranched alkanes of at least 4 members (excludes halogenated alkanes) is 13. The molecule has 5 heteroatoms. The SMILES string of the molecule is CCCCCCCCCCCCCCCCOC(=O)c1ccc2cc(O)c(-c3nc4ccccc4o3)cc2c1. The van der Waals surface area contributed by atoms with Crippen LogP contribution in [0.25, 0.3) is 33.3 Å². The highest BCUT2D eigenvalue weighted by Gasteiger charge is 2.15. The number of ether oxygens (including phenoxy) is 1. The number of oxazole rings is 1. The van der Waals surface area contributed by atoms with Gasteiger partial charge in [0.05, 0.1) is 17.7 Å². The largest absolute Gasteiger partial charge is 0.507 e. The van der Waals surface area contributed by atoms with E-state index in [-0.39, 0.29) is 11.7 Å². The summed E-state index contributed by atoms with van der Waals surface area (Å²) in [6, 6.07) is 16.3. The Labute approximate surface area is 232 Å². The first-order valence-electron chi connectivity index (χ1n) is 15.0. The smallest absolute Gasteiger partial charge is 0.338 e. The van der Waals surface area contributed by atoms with Crippen LogP contribution >= 0.6 is 0 Å². The van der Waals surface area contributed by atoms with Crippen molar-refractivity contribution >= 4 is 27.8 Å². The van der Waals surface area contributed by atoms with Crippen molar-refractivity contribution in [1.82, 2.24) is 4.98 Å². The highest BCUT2D eigenvalue weighted by molar-refractivity contribution is 5.97. The third-order valence-electron chi connectivity index (χ3n) is 7.45. The van der Waals surface area contributed by atoms with Gasteiger partial charge in [-0.05, 0) is 53.6 Å². The van der Waals surface area contributed by atoms with Crippen molar-refractivity contribution in [3.05, 3.63) is 60.2 Å². The Hall–Kier alpha value is -3.34. The maximum atomic E-state index is 12.7. The number of hydrogen-bond acceptors (Lipinski definition) is 5. The van der Waals surface area contributed by atoms with Gasteiger partial charge < -0.3 is 14.3 Å². The molecule has 0 bridgehead atoms. The molecule has 0 aliphatic carbocycles. The first kappa shape index (κ1) is 28.7. The molecular formula is C34H43NO4. The quantitative estimate of drug-likeness (QED) is 0.109. The van der Waals surface area contributed by atoms with E-state index < -0.39 is 0 Å². The molecule has 1 aromatic heterocycles. The van der Waals surface area contributed by atoms with Crippen molar-refractivity contribution < 1.29 is 19.1 Å². The molecule has 0 saturated heterocycles.